The van der Waals surface area contributed by atoms with Gasteiger partial charge in [-0.1, -0.05) is 11.8 Å². The molecule has 3 atom stereocenters. The van der Waals surface area contributed by atoms with Crippen molar-refractivity contribution in [1.82, 2.24) is 24.8 Å². The van der Waals surface area contributed by atoms with Crippen molar-refractivity contribution in [2.45, 2.75) is 23.6 Å². The highest BCUT2D eigenvalue weighted by atomic mass is 35.5. The molecule has 3 aromatic heterocycles. The Kier molecular flexibility index (Phi) is 6.86. The first-order valence-electron chi connectivity index (χ1n) is 11.2. The first kappa shape index (κ1) is 24.3. The van der Waals surface area contributed by atoms with Gasteiger partial charge in [-0.05, 0) is 12.1 Å². The van der Waals surface area contributed by atoms with Crippen molar-refractivity contribution < 1.29 is 19.0 Å². The first-order valence-corrected chi connectivity index (χ1v) is 12.2. The van der Waals surface area contributed by atoms with Gasteiger partial charge in [0.1, 0.15) is 18.1 Å². The highest BCUT2D eigenvalue weighted by Gasteiger charge is 2.34. The second-order valence-corrected chi connectivity index (χ2v) is 9.85. The van der Waals surface area contributed by atoms with Crippen LogP contribution in [0.5, 0.6) is 11.5 Å². The highest BCUT2D eigenvalue weighted by molar-refractivity contribution is 7.99. The number of nitrogens with zero attached hydrogens (tertiary/aromatic N) is 4. The lowest BCUT2D eigenvalue weighted by atomic mass is 10.1. The fourth-order valence-electron chi connectivity index (χ4n) is 4.97. The third-order valence-corrected chi connectivity index (χ3v) is 7.49. The van der Waals surface area contributed by atoms with Gasteiger partial charge in [0.2, 0.25) is 0 Å². The van der Waals surface area contributed by atoms with Crippen LogP contribution in [0.15, 0.2) is 40.3 Å². The summed E-state index contributed by atoms with van der Waals surface area (Å²) >= 11 is 1.66. The number of aliphatic hydroxyl groups excluding tert-OH is 1. The molecule has 1 saturated heterocycles. The van der Waals surface area contributed by atoms with Gasteiger partial charge in [0, 0.05) is 44.7 Å². The van der Waals surface area contributed by atoms with E-state index in [0.717, 1.165) is 22.5 Å². The molecule has 6 heterocycles. The van der Waals surface area contributed by atoms with Gasteiger partial charge in [-0.3, -0.25) is 24.2 Å². The zero-order valence-corrected chi connectivity index (χ0v) is 20.4. The van der Waals surface area contributed by atoms with Crippen LogP contribution in [-0.2, 0) is 6.54 Å². The maximum atomic E-state index is 14.2. The van der Waals surface area contributed by atoms with E-state index in [1.54, 1.807) is 28.6 Å². The number of β-amino-alcohol motifs (C(OH)–C–C–N with tert-alkyl or cyclic N) is 1. The van der Waals surface area contributed by atoms with Gasteiger partial charge in [0.25, 0.3) is 5.56 Å². The second kappa shape index (κ2) is 9.90. The van der Waals surface area contributed by atoms with E-state index in [-0.39, 0.29) is 42.3 Å². The molecule has 0 spiro atoms. The number of aliphatic hydroxyl groups is 1. The van der Waals surface area contributed by atoms with Crippen LogP contribution in [0, 0.1) is 11.7 Å². The van der Waals surface area contributed by atoms with Gasteiger partial charge in [-0.15, -0.1) is 12.4 Å². The average molecular weight is 522 g/mol. The summed E-state index contributed by atoms with van der Waals surface area (Å²) in [6.07, 6.45) is 2.40. The molecule has 0 unspecified atom stereocenters. The number of ether oxygens (including phenoxy) is 2. The van der Waals surface area contributed by atoms with Crippen molar-refractivity contribution in [2.24, 2.45) is 5.92 Å². The zero-order valence-electron chi connectivity index (χ0n) is 18.7. The number of nitrogens with one attached hydrogen (secondary N) is 1. The third-order valence-electron chi connectivity index (χ3n) is 6.62. The van der Waals surface area contributed by atoms with Crippen LogP contribution in [-0.4, -0.2) is 69.4 Å². The fraction of sp³-hybridized carbons (Fsp3) is 0.435. The molecule has 1 fully saturated rings. The van der Waals surface area contributed by atoms with Crippen molar-refractivity contribution in [3.63, 3.8) is 0 Å². The van der Waals surface area contributed by atoms with Gasteiger partial charge in [-0.25, -0.2) is 4.39 Å². The number of fused-ring (bicyclic) bond motifs is 1. The molecular formula is C23H25ClFN5O4S. The number of rotatable bonds is 6. The molecule has 9 nitrogen and oxygen atoms in total. The number of pyridine rings is 3. The summed E-state index contributed by atoms with van der Waals surface area (Å²) in [5.41, 5.74) is 1.65. The Labute approximate surface area is 211 Å². The number of aromatic nitrogens is 3. The Morgan fingerprint density at radius 2 is 2.11 bits per heavy atom. The Morgan fingerprint density at radius 1 is 1.23 bits per heavy atom. The van der Waals surface area contributed by atoms with E-state index in [1.807, 2.05) is 6.07 Å². The predicted molar refractivity (Wildman–Crippen MR) is 131 cm³/mol. The Hall–Kier alpha value is -2.44. The van der Waals surface area contributed by atoms with Crippen LogP contribution in [0.4, 0.5) is 4.39 Å². The van der Waals surface area contributed by atoms with Gasteiger partial charge in [0.05, 0.1) is 40.6 Å². The third kappa shape index (κ3) is 4.58. The molecule has 0 bridgehead atoms. The number of likely N-dealkylation sites (tertiary alicyclic amines) is 1. The van der Waals surface area contributed by atoms with Crippen molar-refractivity contribution in [1.29, 1.82) is 0 Å². The molecule has 3 aliphatic rings. The van der Waals surface area contributed by atoms with Crippen LogP contribution in [0.2, 0.25) is 0 Å². The lowest BCUT2D eigenvalue weighted by Crippen LogP contribution is -2.40. The van der Waals surface area contributed by atoms with Gasteiger partial charge in [0.15, 0.2) is 17.3 Å². The van der Waals surface area contributed by atoms with Crippen molar-refractivity contribution in [3.8, 4) is 11.5 Å². The van der Waals surface area contributed by atoms with Crippen molar-refractivity contribution in [2.75, 3.05) is 38.7 Å². The molecular weight excluding hydrogens is 497 g/mol. The Bertz CT molecular complexity index is 1310. The minimum absolute atomic E-state index is 0. The maximum Gasteiger partial charge on any atom is 0.251 e. The van der Waals surface area contributed by atoms with Crippen molar-refractivity contribution >= 4 is 35.2 Å². The average Bonchev–Trinajstić information content (AvgIpc) is 3.44. The van der Waals surface area contributed by atoms with Gasteiger partial charge in [-0.2, -0.15) is 0 Å². The largest absolute Gasteiger partial charge is 0.486 e. The Balaban J connectivity index is 0.00000253. The van der Waals surface area contributed by atoms with Crippen LogP contribution in [0.1, 0.15) is 11.7 Å². The molecule has 35 heavy (non-hydrogen) atoms. The number of hydrogen-bond donors (Lipinski definition) is 2. The molecule has 12 heteroatoms. The molecule has 3 aliphatic heterocycles. The smallest absolute Gasteiger partial charge is 0.251 e. The van der Waals surface area contributed by atoms with Crippen LogP contribution >= 0.6 is 24.2 Å². The molecule has 3 aromatic rings. The minimum atomic E-state index is -0.572. The topological polar surface area (TPSA) is 102 Å². The van der Waals surface area contributed by atoms with Crippen LogP contribution in [0.25, 0.3) is 11.0 Å². The number of hydrogen-bond acceptors (Lipinski definition) is 9. The molecule has 0 aromatic carbocycles. The predicted octanol–water partition coefficient (Wildman–Crippen LogP) is 1.81. The molecule has 0 radical (unpaired) electrons. The SMILES string of the molecule is Cl.O=c1ccc2ncc(F)c3c2n1[C@H](CN1C[C@H](CNCc2cc4c(cn2)OCS4)[C@@H](O)C1)CO3. The lowest BCUT2D eigenvalue weighted by molar-refractivity contribution is 0.134. The molecule has 0 aliphatic carbocycles. The summed E-state index contributed by atoms with van der Waals surface area (Å²) in [7, 11) is 0. The normalized spacial score (nSPS) is 23.0. The quantitative estimate of drug-likeness (QED) is 0.503. The molecule has 186 valence electrons. The van der Waals surface area contributed by atoms with Gasteiger partial charge >= 0.3 is 0 Å². The summed E-state index contributed by atoms with van der Waals surface area (Å²) in [5.74, 6) is 1.01. The summed E-state index contributed by atoms with van der Waals surface area (Å²) in [5, 5.41) is 14.0. The number of thioether (sulfide) groups is 1. The fourth-order valence-corrected chi connectivity index (χ4v) is 5.76. The molecule has 6 rings (SSSR count). The minimum Gasteiger partial charge on any atom is -0.486 e. The summed E-state index contributed by atoms with van der Waals surface area (Å²) in [6.45, 7) is 3.16. The molecule has 0 amide bonds. The van der Waals surface area contributed by atoms with E-state index in [4.69, 9.17) is 9.47 Å². The first-order chi connectivity index (χ1) is 16.6. The highest BCUT2D eigenvalue weighted by Crippen LogP contribution is 2.36. The summed E-state index contributed by atoms with van der Waals surface area (Å²) in [6, 6.07) is 4.79. The maximum absolute atomic E-state index is 14.2. The van der Waals surface area contributed by atoms with E-state index in [9.17, 15) is 14.3 Å². The second-order valence-electron chi connectivity index (χ2n) is 8.88. The summed E-state index contributed by atoms with van der Waals surface area (Å²) < 4.78 is 27.0. The van der Waals surface area contributed by atoms with E-state index in [2.05, 4.69) is 20.2 Å². The van der Waals surface area contributed by atoms with E-state index in [1.165, 1.54) is 6.07 Å². The monoisotopic (exact) mass is 521 g/mol. The van der Waals surface area contributed by atoms with E-state index < -0.39 is 11.9 Å². The standard InChI is InChI=1S/C23H24FN5O4S.ClH/c24-16-6-27-17-1-2-21(31)29-15(11-32-23(16)22(17)29)9-28-8-13(18(30)10-28)4-25-5-14-3-20-19(7-26-14)33-12-34-20;/h1-3,6-7,13,15,18,25,30H,4-5,8-12H2;1H/t13-,15+,18-;/m0./s1. The van der Waals surface area contributed by atoms with E-state index in [0.29, 0.717) is 49.7 Å². The van der Waals surface area contributed by atoms with E-state index >= 15 is 0 Å². The van der Waals surface area contributed by atoms with Crippen molar-refractivity contribution in [3.05, 3.63) is 52.5 Å². The van der Waals surface area contributed by atoms with Crippen LogP contribution < -0.4 is 20.3 Å². The lowest BCUT2D eigenvalue weighted by Gasteiger charge is -2.30. The molecule has 2 N–H and O–H groups in total. The zero-order chi connectivity index (χ0) is 23.2. The van der Waals surface area contributed by atoms with Gasteiger partial charge < -0.3 is 19.9 Å². The molecule has 0 saturated carbocycles. The van der Waals surface area contributed by atoms with Crippen LogP contribution in [0.3, 0.4) is 0 Å². The number of halogens is 2. The summed E-state index contributed by atoms with van der Waals surface area (Å²) in [4.78, 5) is 24.5. The Morgan fingerprint density at radius 3 is 3.00 bits per heavy atom.